The predicted octanol–water partition coefficient (Wildman–Crippen LogP) is 1.76. The van der Waals surface area contributed by atoms with Crippen molar-refractivity contribution in [1.29, 1.82) is 0 Å². The summed E-state index contributed by atoms with van der Waals surface area (Å²) in [6.45, 7) is 3.00. The van der Waals surface area contributed by atoms with Crippen molar-refractivity contribution in [2.75, 3.05) is 46.9 Å². The molecule has 0 aliphatic carbocycles. The molecule has 3 aliphatic heterocycles. The lowest BCUT2D eigenvalue weighted by atomic mass is 9.75. The molecule has 1 aromatic carbocycles. The molecule has 0 saturated carbocycles. The molecule has 3 heterocycles. The average Bonchev–Trinajstić information content (AvgIpc) is 2.88. The maximum absolute atomic E-state index is 13.6. The van der Waals surface area contributed by atoms with Crippen LogP contribution < -0.4 is 10.6 Å². The monoisotopic (exact) mass is 496 g/mol. The van der Waals surface area contributed by atoms with Crippen molar-refractivity contribution < 1.29 is 19.1 Å². The predicted molar refractivity (Wildman–Crippen MR) is 138 cm³/mol. The molecule has 3 aliphatic rings. The minimum atomic E-state index is -0.642. The zero-order valence-electron chi connectivity index (χ0n) is 21.6. The second-order valence-electron chi connectivity index (χ2n) is 10.7. The van der Waals surface area contributed by atoms with Gasteiger partial charge in [0.2, 0.25) is 17.7 Å². The number of fused-ring (bicyclic) bond motifs is 1. The molecule has 2 N–H and O–H groups in total. The van der Waals surface area contributed by atoms with Crippen molar-refractivity contribution >= 4 is 17.7 Å². The molecule has 0 aromatic heterocycles. The minimum absolute atomic E-state index is 0.000462. The first-order valence-corrected chi connectivity index (χ1v) is 13.2. The Morgan fingerprint density at radius 1 is 1.11 bits per heavy atom. The Morgan fingerprint density at radius 3 is 2.58 bits per heavy atom. The van der Waals surface area contributed by atoms with Crippen LogP contribution in [-0.2, 0) is 25.5 Å². The lowest BCUT2D eigenvalue weighted by Crippen LogP contribution is -2.58. The number of likely N-dealkylation sites (tertiary alicyclic amines) is 1. The van der Waals surface area contributed by atoms with Crippen LogP contribution in [-0.4, -0.2) is 86.5 Å². The number of piperidine rings is 1. The zero-order chi connectivity index (χ0) is 25.5. The molecule has 2 saturated heterocycles. The Labute approximate surface area is 214 Å². The van der Waals surface area contributed by atoms with Crippen LogP contribution in [0.1, 0.15) is 37.7 Å². The maximum atomic E-state index is 13.6. The minimum Gasteiger partial charge on any atom is -0.381 e. The number of allylic oxidation sites excluding steroid dienone is 2. The van der Waals surface area contributed by atoms with E-state index in [0.29, 0.717) is 45.4 Å². The van der Waals surface area contributed by atoms with Crippen LogP contribution in [0.3, 0.4) is 0 Å². The van der Waals surface area contributed by atoms with Gasteiger partial charge in [-0.05, 0) is 43.6 Å². The van der Waals surface area contributed by atoms with Gasteiger partial charge in [0.15, 0.2) is 0 Å². The fourth-order valence-corrected chi connectivity index (χ4v) is 5.53. The summed E-state index contributed by atoms with van der Waals surface area (Å²) in [4.78, 5) is 43.3. The number of rotatable bonds is 4. The molecule has 0 unspecified atom stereocenters. The fourth-order valence-electron chi connectivity index (χ4n) is 5.53. The van der Waals surface area contributed by atoms with Crippen molar-refractivity contribution in [2.24, 2.45) is 11.3 Å². The van der Waals surface area contributed by atoms with Gasteiger partial charge in [0.05, 0.1) is 12.0 Å². The van der Waals surface area contributed by atoms with Gasteiger partial charge in [-0.1, -0.05) is 42.5 Å². The van der Waals surface area contributed by atoms with Crippen LogP contribution in [0.5, 0.6) is 0 Å². The Balaban J connectivity index is 1.57. The van der Waals surface area contributed by atoms with Crippen molar-refractivity contribution in [3.63, 3.8) is 0 Å². The van der Waals surface area contributed by atoms with Crippen LogP contribution in [0.25, 0.3) is 0 Å². The SMILES string of the molecule is CN(C)C(=O)CN1CC[C@H]2NC(=O)[C@H](Cc3ccccc3)NC(=O)C3(C/C=C/C[C@H]2C1)CCOCC3. The van der Waals surface area contributed by atoms with Crippen molar-refractivity contribution in [1.82, 2.24) is 20.4 Å². The molecule has 8 nitrogen and oxygen atoms in total. The second-order valence-corrected chi connectivity index (χ2v) is 10.7. The van der Waals surface area contributed by atoms with Crippen LogP contribution in [0.4, 0.5) is 0 Å². The van der Waals surface area contributed by atoms with E-state index in [1.807, 2.05) is 30.3 Å². The van der Waals surface area contributed by atoms with E-state index >= 15 is 0 Å². The summed E-state index contributed by atoms with van der Waals surface area (Å²) in [7, 11) is 3.56. The van der Waals surface area contributed by atoms with Gasteiger partial charge < -0.3 is 20.3 Å². The lowest BCUT2D eigenvalue weighted by molar-refractivity contribution is -0.140. The highest BCUT2D eigenvalue weighted by Crippen LogP contribution is 2.36. The number of amides is 3. The Bertz CT molecular complexity index is 942. The van der Waals surface area contributed by atoms with Crippen molar-refractivity contribution in [2.45, 2.75) is 50.6 Å². The van der Waals surface area contributed by atoms with Gasteiger partial charge in [-0.2, -0.15) is 0 Å². The van der Waals surface area contributed by atoms with Crippen LogP contribution in [0.15, 0.2) is 42.5 Å². The van der Waals surface area contributed by atoms with Crippen LogP contribution in [0, 0.1) is 11.3 Å². The Kier molecular flexibility index (Phi) is 8.80. The number of carbonyl (C=O) groups is 3. The summed E-state index contributed by atoms with van der Waals surface area (Å²) in [5.74, 6) is 0.104. The number of likely N-dealkylation sites (N-methyl/N-ethyl adjacent to an activating group) is 1. The molecule has 1 spiro atoms. The number of hydrogen-bond acceptors (Lipinski definition) is 5. The van der Waals surface area contributed by atoms with Gasteiger partial charge in [-0.25, -0.2) is 0 Å². The van der Waals surface area contributed by atoms with E-state index < -0.39 is 11.5 Å². The van der Waals surface area contributed by atoms with Gasteiger partial charge >= 0.3 is 0 Å². The summed E-state index contributed by atoms with van der Waals surface area (Å²) in [6.07, 6.45) is 8.26. The molecule has 2 fully saturated rings. The molecule has 196 valence electrons. The Hall–Kier alpha value is -2.71. The third-order valence-corrected chi connectivity index (χ3v) is 7.95. The number of nitrogens with zero attached hydrogens (tertiary/aromatic N) is 2. The van der Waals surface area contributed by atoms with E-state index in [1.54, 1.807) is 19.0 Å². The second kappa shape index (κ2) is 12.0. The third kappa shape index (κ3) is 6.53. The quantitative estimate of drug-likeness (QED) is 0.620. The van der Waals surface area contributed by atoms with E-state index in [2.05, 4.69) is 27.7 Å². The average molecular weight is 497 g/mol. The number of ether oxygens (including phenoxy) is 1. The first-order valence-electron chi connectivity index (χ1n) is 13.2. The summed E-state index contributed by atoms with van der Waals surface area (Å²) < 4.78 is 5.57. The molecule has 8 heteroatoms. The maximum Gasteiger partial charge on any atom is 0.243 e. The van der Waals surface area contributed by atoms with Gasteiger partial charge in [0.25, 0.3) is 0 Å². The van der Waals surface area contributed by atoms with Crippen molar-refractivity contribution in [3.05, 3.63) is 48.0 Å². The number of carbonyl (C=O) groups excluding carboxylic acids is 3. The normalized spacial score (nSPS) is 28.1. The van der Waals surface area contributed by atoms with Crippen molar-refractivity contribution in [3.8, 4) is 0 Å². The smallest absolute Gasteiger partial charge is 0.243 e. The van der Waals surface area contributed by atoms with Crippen LogP contribution >= 0.6 is 0 Å². The molecular weight excluding hydrogens is 456 g/mol. The van der Waals surface area contributed by atoms with Gasteiger partial charge in [0, 0.05) is 52.9 Å². The number of benzene rings is 1. The van der Waals surface area contributed by atoms with E-state index in [4.69, 9.17) is 4.74 Å². The molecule has 0 bridgehead atoms. The van der Waals surface area contributed by atoms with E-state index in [1.165, 1.54) is 0 Å². The highest BCUT2D eigenvalue weighted by molar-refractivity contribution is 5.90. The van der Waals surface area contributed by atoms with Gasteiger partial charge in [0.1, 0.15) is 6.04 Å². The number of nitrogens with one attached hydrogen (secondary N) is 2. The zero-order valence-corrected chi connectivity index (χ0v) is 21.6. The Morgan fingerprint density at radius 2 is 1.86 bits per heavy atom. The molecule has 1 aromatic rings. The summed E-state index contributed by atoms with van der Waals surface area (Å²) in [5.41, 5.74) is 0.457. The van der Waals surface area contributed by atoms with E-state index in [9.17, 15) is 14.4 Å². The van der Waals surface area contributed by atoms with Crippen LogP contribution in [0.2, 0.25) is 0 Å². The summed E-state index contributed by atoms with van der Waals surface area (Å²) in [5, 5.41) is 6.42. The molecule has 0 radical (unpaired) electrons. The lowest BCUT2D eigenvalue weighted by Gasteiger charge is -2.40. The highest BCUT2D eigenvalue weighted by atomic mass is 16.5. The molecular formula is C28H40N4O4. The molecule has 3 atom stereocenters. The highest BCUT2D eigenvalue weighted by Gasteiger charge is 2.41. The van der Waals surface area contributed by atoms with E-state index in [0.717, 1.165) is 31.5 Å². The van der Waals surface area contributed by atoms with Gasteiger partial charge in [-0.3, -0.25) is 19.3 Å². The number of hydrogen-bond donors (Lipinski definition) is 2. The van der Waals surface area contributed by atoms with E-state index in [-0.39, 0.29) is 29.7 Å². The topological polar surface area (TPSA) is 91.0 Å². The first-order chi connectivity index (χ1) is 17.4. The standard InChI is InChI=1S/C28H40N4O4/c1-31(2)25(33)20-32-15-11-23-22(19-32)10-6-7-12-28(13-16-36-17-14-28)27(35)30-24(26(34)29-23)18-21-8-4-3-5-9-21/h3-9,22-24H,10-20H2,1-2H3,(H,29,34)(H,30,35)/b7-6+/t22-,23+,24-/m0/s1. The summed E-state index contributed by atoms with van der Waals surface area (Å²) in [6, 6.07) is 9.20. The largest absolute Gasteiger partial charge is 0.381 e. The molecule has 3 amide bonds. The first kappa shape index (κ1) is 26.4. The molecule has 4 rings (SSSR count). The molecule has 36 heavy (non-hydrogen) atoms. The third-order valence-electron chi connectivity index (χ3n) is 7.95. The summed E-state index contributed by atoms with van der Waals surface area (Å²) >= 11 is 0. The fraction of sp³-hybridized carbons (Fsp3) is 0.607. The van der Waals surface area contributed by atoms with Gasteiger partial charge in [-0.15, -0.1) is 0 Å².